The molecule has 0 radical (unpaired) electrons. The molecule has 156 valence electrons. The molecule has 0 fully saturated rings. The summed E-state index contributed by atoms with van der Waals surface area (Å²) in [5, 5.41) is 4.55. The number of rotatable bonds is 7. The van der Waals surface area contributed by atoms with E-state index in [4.69, 9.17) is 5.73 Å². The van der Waals surface area contributed by atoms with Crippen LogP contribution in [0.5, 0.6) is 0 Å². The number of likely N-dealkylation sites (N-methyl/N-ethyl adjacent to an activating group) is 1. The van der Waals surface area contributed by atoms with Gasteiger partial charge in [-0.15, -0.1) is 0 Å². The van der Waals surface area contributed by atoms with Gasteiger partial charge in [0.1, 0.15) is 5.82 Å². The highest BCUT2D eigenvalue weighted by atomic mass is 19.1. The molecule has 4 aromatic rings. The number of nitrogens with zero attached hydrogens (tertiary/aromatic N) is 3. The zero-order valence-corrected chi connectivity index (χ0v) is 17.2. The number of halogens is 1. The van der Waals surface area contributed by atoms with E-state index in [1.54, 1.807) is 41.0 Å². The third kappa shape index (κ3) is 4.54. The Morgan fingerprint density at radius 2 is 1.61 bits per heavy atom. The lowest BCUT2D eigenvalue weighted by Gasteiger charge is -2.16. The Morgan fingerprint density at radius 1 is 0.968 bits per heavy atom. The van der Waals surface area contributed by atoms with E-state index in [1.165, 1.54) is 6.07 Å². The van der Waals surface area contributed by atoms with Crippen LogP contribution in [0.3, 0.4) is 0 Å². The van der Waals surface area contributed by atoms with E-state index >= 15 is 0 Å². The maximum atomic E-state index is 14.7. The summed E-state index contributed by atoms with van der Waals surface area (Å²) in [6.45, 7) is 0.516. The molecule has 4 rings (SSSR count). The molecule has 0 saturated heterocycles. The van der Waals surface area contributed by atoms with Crippen molar-refractivity contribution in [2.45, 2.75) is 6.54 Å². The quantitative estimate of drug-likeness (QED) is 0.491. The van der Waals surface area contributed by atoms with Crippen LogP contribution < -0.4 is 5.73 Å². The average molecular weight is 414 g/mol. The monoisotopic (exact) mass is 414 g/mol. The van der Waals surface area contributed by atoms with Crippen LogP contribution in [-0.2, 0) is 11.3 Å². The van der Waals surface area contributed by atoms with Crippen molar-refractivity contribution in [3.05, 3.63) is 96.4 Å². The standard InChI is InChI=1S/C25H23FN4O/c1-29(17-24(27)31)16-20-15-28-30(25(20)22-9-5-6-10-23(22)26)21-13-11-19(12-14-21)18-7-3-2-4-8-18/h2-15H,16-17H2,1H3,(H2,27,31). The molecule has 3 aromatic carbocycles. The van der Waals surface area contributed by atoms with Crippen molar-refractivity contribution in [1.82, 2.24) is 14.7 Å². The number of aromatic nitrogens is 2. The van der Waals surface area contributed by atoms with Crippen LogP contribution in [0, 0.1) is 5.82 Å². The maximum Gasteiger partial charge on any atom is 0.231 e. The minimum absolute atomic E-state index is 0.105. The van der Waals surface area contributed by atoms with Gasteiger partial charge in [-0.25, -0.2) is 9.07 Å². The Bertz CT molecular complexity index is 1190. The summed E-state index contributed by atoms with van der Waals surface area (Å²) < 4.78 is 16.5. The van der Waals surface area contributed by atoms with Gasteiger partial charge >= 0.3 is 0 Å². The zero-order chi connectivity index (χ0) is 21.8. The Morgan fingerprint density at radius 3 is 2.29 bits per heavy atom. The van der Waals surface area contributed by atoms with E-state index in [9.17, 15) is 9.18 Å². The van der Waals surface area contributed by atoms with E-state index in [0.29, 0.717) is 17.8 Å². The number of primary amides is 1. The van der Waals surface area contributed by atoms with Crippen LogP contribution in [0.1, 0.15) is 5.56 Å². The Labute approximate surface area is 180 Å². The van der Waals surface area contributed by atoms with Gasteiger partial charge in [0.15, 0.2) is 0 Å². The highest BCUT2D eigenvalue weighted by Crippen LogP contribution is 2.30. The number of amides is 1. The summed E-state index contributed by atoms with van der Waals surface area (Å²) in [6, 6.07) is 24.7. The Balaban J connectivity index is 1.75. The molecule has 0 aliphatic heterocycles. The van der Waals surface area contributed by atoms with Gasteiger partial charge in [0.05, 0.1) is 24.1 Å². The van der Waals surface area contributed by atoms with Gasteiger partial charge in [0, 0.05) is 17.7 Å². The highest BCUT2D eigenvalue weighted by Gasteiger charge is 2.19. The molecule has 0 spiro atoms. The second kappa shape index (κ2) is 8.93. The van der Waals surface area contributed by atoms with Crippen molar-refractivity contribution in [1.29, 1.82) is 0 Å². The molecule has 1 amide bonds. The van der Waals surface area contributed by atoms with Gasteiger partial charge < -0.3 is 5.73 Å². The van der Waals surface area contributed by atoms with E-state index < -0.39 is 5.91 Å². The first-order chi connectivity index (χ1) is 15.0. The van der Waals surface area contributed by atoms with Crippen molar-refractivity contribution in [2.24, 2.45) is 5.73 Å². The fraction of sp³-hybridized carbons (Fsp3) is 0.120. The molecule has 0 atom stereocenters. The van der Waals surface area contributed by atoms with Gasteiger partial charge in [0.2, 0.25) is 5.91 Å². The zero-order valence-electron chi connectivity index (χ0n) is 17.2. The van der Waals surface area contributed by atoms with E-state index in [-0.39, 0.29) is 12.4 Å². The largest absolute Gasteiger partial charge is 0.369 e. The molecular weight excluding hydrogens is 391 g/mol. The van der Waals surface area contributed by atoms with E-state index in [2.05, 4.69) is 17.2 Å². The first-order valence-corrected chi connectivity index (χ1v) is 9.97. The predicted molar refractivity (Wildman–Crippen MR) is 120 cm³/mol. The number of carbonyl (C=O) groups excluding carboxylic acids is 1. The minimum Gasteiger partial charge on any atom is -0.369 e. The molecule has 0 aliphatic carbocycles. The number of carbonyl (C=O) groups is 1. The highest BCUT2D eigenvalue weighted by molar-refractivity contribution is 5.76. The molecule has 6 heteroatoms. The molecule has 5 nitrogen and oxygen atoms in total. The number of hydrogen-bond donors (Lipinski definition) is 1. The lowest BCUT2D eigenvalue weighted by Crippen LogP contribution is -2.30. The van der Waals surface area contributed by atoms with Gasteiger partial charge in [-0.05, 0) is 42.4 Å². The van der Waals surface area contributed by atoms with Crippen molar-refractivity contribution in [2.75, 3.05) is 13.6 Å². The third-order valence-corrected chi connectivity index (χ3v) is 5.06. The normalized spacial score (nSPS) is 11.1. The van der Waals surface area contributed by atoms with Crippen LogP contribution in [0.2, 0.25) is 0 Å². The molecule has 1 aromatic heterocycles. The topological polar surface area (TPSA) is 64.2 Å². The molecule has 2 N–H and O–H groups in total. The van der Waals surface area contributed by atoms with Crippen molar-refractivity contribution < 1.29 is 9.18 Å². The third-order valence-electron chi connectivity index (χ3n) is 5.06. The van der Waals surface area contributed by atoms with Crippen molar-refractivity contribution >= 4 is 5.91 Å². The molecule has 0 unspecified atom stereocenters. The van der Waals surface area contributed by atoms with Crippen molar-refractivity contribution in [3.8, 4) is 28.1 Å². The van der Waals surface area contributed by atoms with Crippen LogP contribution in [-0.4, -0.2) is 34.2 Å². The van der Waals surface area contributed by atoms with Crippen molar-refractivity contribution in [3.63, 3.8) is 0 Å². The molecular formula is C25H23FN4O. The van der Waals surface area contributed by atoms with E-state index in [1.807, 2.05) is 42.5 Å². The molecule has 0 bridgehead atoms. The summed E-state index contributed by atoms with van der Waals surface area (Å²) >= 11 is 0. The lowest BCUT2D eigenvalue weighted by molar-refractivity contribution is -0.118. The van der Waals surface area contributed by atoms with Gasteiger partial charge in [-0.3, -0.25) is 9.69 Å². The second-order valence-corrected chi connectivity index (χ2v) is 7.46. The Kier molecular flexibility index (Phi) is 5.91. The smallest absolute Gasteiger partial charge is 0.231 e. The molecule has 0 saturated carbocycles. The SMILES string of the molecule is CN(CC(N)=O)Cc1cnn(-c2ccc(-c3ccccc3)cc2)c1-c1ccccc1F. The summed E-state index contributed by atoms with van der Waals surface area (Å²) in [7, 11) is 1.79. The van der Waals surface area contributed by atoms with Crippen LogP contribution in [0.4, 0.5) is 4.39 Å². The second-order valence-electron chi connectivity index (χ2n) is 7.46. The van der Waals surface area contributed by atoms with Gasteiger partial charge in [-0.1, -0.05) is 54.6 Å². The van der Waals surface area contributed by atoms with Crippen LogP contribution in [0.25, 0.3) is 28.1 Å². The van der Waals surface area contributed by atoms with Gasteiger partial charge in [-0.2, -0.15) is 5.10 Å². The van der Waals surface area contributed by atoms with E-state index in [0.717, 1.165) is 22.4 Å². The summed E-state index contributed by atoms with van der Waals surface area (Å²) in [6.07, 6.45) is 1.71. The summed E-state index contributed by atoms with van der Waals surface area (Å²) in [5.41, 5.74) is 10.3. The van der Waals surface area contributed by atoms with Crippen LogP contribution in [0.15, 0.2) is 85.1 Å². The fourth-order valence-corrected chi connectivity index (χ4v) is 3.67. The first-order valence-electron chi connectivity index (χ1n) is 9.97. The molecule has 0 aliphatic rings. The number of hydrogen-bond acceptors (Lipinski definition) is 3. The lowest BCUT2D eigenvalue weighted by atomic mass is 10.0. The average Bonchev–Trinajstić information content (AvgIpc) is 3.17. The number of nitrogens with two attached hydrogens (primary N) is 1. The maximum absolute atomic E-state index is 14.7. The minimum atomic E-state index is -0.418. The molecule has 31 heavy (non-hydrogen) atoms. The summed E-state index contributed by atoms with van der Waals surface area (Å²) in [4.78, 5) is 13.1. The van der Waals surface area contributed by atoms with Gasteiger partial charge in [0.25, 0.3) is 0 Å². The Hall–Kier alpha value is -3.77. The first kappa shape index (κ1) is 20.5. The van der Waals surface area contributed by atoms with Crippen LogP contribution >= 0.6 is 0 Å². The fourth-order valence-electron chi connectivity index (χ4n) is 3.67. The summed E-state index contributed by atoms with van der Waals surface area (Å²) in [5.74, 6) is -0.747. The number of benzene rings is 3. The molecule has 1 heterocycles. The predicted octanol–water partition coefficient (Wildman–Crippen LogP) is 4.26.